The first-order valence-corrected chi connectivity index (χ1v) is 8.23. The van der Waals surface area contributed by atoms with Gasteiger partial charge in [-0.3, -0.25) is 4.79 Å². The third-order valence-corrected chi connectivity index (χ3v) is 4.19. The fourth-order valence-electron chi connectivity index (χ4n) is 2.74. The van der Waals surface area contributed by atoms with E-state index in [9.17, 15) is 31.9 Å². The van der Waals surface area contributed by atoms with E-state index >= 15 is 0 Å². The Morgan fingerprint density at radius 1 is 1.33 bits per heavy atom. The molecule has 0 spiro atoms. The van der Waals surface area contributed by atoms with Gasteiger partial charge in [-0.25, -0.2) is 0 Å². The molecular weight excluding hydrogens is 377 g/mol. The number of carbonyl (C=O) groups excluding carboxylic acids is 1. The highest BCUT2D eigenvalue weighted by molar-refractivity contribution is 5.77. The van der Waals surface area contributed by atoms with Gasteiger partial charge in [-0.2, -0.15) is 8.78 Å². The van der Waals surface area contributed by atoms with Gasteiger partial charge in [0.05, 0.1) is 24.7 Å². The number of hydrogen-bond acceptors (Lipinski definition) is 4. The van der Waals surface area contributed by atoms with E-state index < -0.39 is 42.9 Å². The van der Waals surface area contributed by atoms with Crippen LogP contribution in [-0.2, 0) is 9.53 Å². The van der Waals surface area contributed by atoms with Gasteiger partial charge in [0.2, 0.25) is 5.91 Å². The van der Waals surface area contributed by atoms with E-state index in [0.29, 0.717) is 0 Å². The van der Waals surface area contributed by atoms with Gasteiger partial charge in [0.1, 0.15) is 5.75 Å². The second-order valence-corrected chi connectivity index (χ2v) is 6.64. The first kappa shape index (κ1) is 21.4. The molecule has 0 aliphatic heterocycles. The molecule has 27 heavy (non-hydrogen) atoms. The molecule has 1 unspecified atom stereocenters. The van der Waals surface area contributed by atoms with Crippen LogP contribution in [0.1, 0.15) is 37.8 Å². The summed E-state index contributed by atoms with van der Waals surface area (Å²) < 4.78 is 69.9. The van der Waals surface area contributed by atoms with Gasteiger partial charge in [0, 0.05) is 0 Å². The Bertz CT molecular complexity index is 646. The molecule has 0 bridgehead atoms. The summed E-state index contributed by atoms with van der Waals surface area (Å²) in [7, 11) is 0. The van der Waals surface area contributed by atoms with Crippen LogP contribution in [0.3, 0.4) is 0 Å². The SMILES string of the molecule is CC(O)(CC(=O)N[C@@H](COC(F)F)c1cccc(OC(F)(F)F)c1)C1CC1. The summed E-state index contributed by atoms with van der Waals surface area (Å²) in [4.78, 5) is 12.2. The molecule has 1 fully saturated rings. The quantitative estimate of drug-likeness (QED) is 0.626. The summed E-state index contributed by atoms with van der Waals surface area (Å²) in [6, 6.07) is 3.47. The molecule has 1 aliphatic carbocycles. The second kappa shape index (κ2) is 8.39. The maximum absolute atomic E-state index is 12.4. The molecule has 10 heteroatoms. The fourth-order valence-corrected chi connectivity index (χ4v) is 2.74. The topological polar surface area (TPSA) is 67.8 Å². The molecule has 152 valence electrons. The lowest BCUT2D eigenvalue weighted by Crippen LogP contribution is -2.39. The number of benzene rings is 1. The van der Waals surface area contributed by atoms with E-state index in [2.05, 4.69) is 14.8 Å². The number of halogens is 5. The van der Waals surface area contributed by atoms with Crippen molar-refractivity contribution in [3.63, 3.8) is 0 Å². The van der Waals surface area contributed by atoms with Crippen molar-refractivity contribution in [2.45, 2.75) is 50.8 Å². The predicted molar refractivity (Wildman–Crippen MR) is 83.9 cm³/mol. The Morgan fingerprint density at radius 2 is 2.00 bits per heavy atom. The number of aliphatic hydroxyl groups is 1. The molecule has 2 rings (SSSR count). The highest BCUT2D eigenvalue weighted by Crippen LogP contribution is 2.41. The first-order chi connectivity index (χ1) is 12.5. The third kappa shape index (κ3) is 7.30. The van der Waals surface area contributed by atoms with E-state index in [4.69, 9.17) is 0 Å². The number of ether oxygens (including phenoxy) is 2. The Kier molecular flexibility index (Phi) is 6.63. The van der Waals surface area contributed by atoms with Crippen molar-refractivity contribution in [2.24, 2.45) is 5.92 Å². The van der Waals surface area contributed by atoms with Gasteiger partial charge in [0.25, 0.3) is 0 Å². The third-order valence-electron chi connectivity index (χ3n) is 4.19. The van der Waals surface area contributed by atoms with Crippen LogP contribution in [0.5, 0.6) is 5.75 Å². The lowest BCUT2D eigenvalue weighted by Gasteiger charge is -2.25. The number of amides is 1. The summed E-state index contributed by atoms with van der Waals surface area (Å²) in [5, 5.41) is 12.7. The van der Waals surface area contributed by atoms with Gasteiger partial charge in [-0.05, 0) is 43.4 Å². The number of nitrogens with one attached hydrogen (secondary N) is 1. The second-order valence-electron chi connectivity index (χ2n) is 6.64. The van der Waals surface area contributed by atoms with Crippen molar-refractivity contribution in [2.75, 3.05) is 6.61 Å². The summed E-state index contributed by atoms with van der Waals surface area (Å²) in [6.07, 6.45) is -3.61. The van der Waals surface area contributed by atoms with Crippen LogP contribution in [-0.4, -0.2) is 36.2 Å². The van der Waals surface area contributed by atoms with Crippen LogP contribution >= 0.6 is 0 Å². The number of rotatable bonds is 9. The van der Waals surface area contributed by atoms with Gasteiger partial charge in [-0.15, -0.1) is 13.2 Å². The zero-order valence-corrected chi connectivity index (χ0v) is 14.4. The minimum atomic E-state index is -4.92. The smallest absolute Gasteiger partial charge is 0.406 e. The minimum Gasteiger partial charge on any atom is -0.406 e. The average Bonchev–Trinajstić information content (AvgIpc) is 3.34. The first-order valence-electron chi connectivity index (χ1n) is 8.23. The molecule has 0 radical (unpaired) electrons. The van der Waals surface area contributed by atoms with Gasteiger partial charge in [-0.1, -0.05) is 12.1 Å². The summed E-state index contributed by atoms with van der Waals surface area (Å²) in [5.74, 6) is -1.19. The van der Waals surface area contributed by atoms with E-state index in [1.165, 1.54) is 19.1 Å². The lowest BCUT2D eigenvalue weighted by atomic mass is 9.95. The fraction of sp³-hybridized carbons (Fsp3) is 0.588. The predicted octanol–water partition coefficient (Wildman–Crippen LogP) is 3.53. The van der Waals surface area contributed by atoms with Gasteiger partial charge >= 0.3 is 13.0 Å². The van der Waals surface area contributed by atoms with Crippen LogP contribution in [0, 0.1) is 5.92 Å². The molecule has 1 amide bonds. The number of hydrogen-bond donors (Lipinski definition) is 2. The Hall–Kier alpha value is -1.94. The molecular formula is C17H20F5NO4. The van der Waals surface area contributed by atoms with Crippen molar-refractivity contribution >= 4 is 5.91 Å². The summed E-state index contributed by atoms with van der Waals surface area (Å²) in [5.41, 5.74) is -1.14. The van der Waals surface area contributed by atoms with E-state index in [0.717, 1.165) is 25.0 Å². The summed E-state index contributed by atoms with van der Waals surface area (Å²) in [6.45, 7) is -2.27. The van der Waals surface area contributed by atoms with Crippen LogP contribution in [0.15, 0.2) is 24.3 Å². The van der Waals surface area contributed by atoms with E-state index in [1.54, 1.807) is 0 Å². The zero-order valence-electron chi connectivity index (χ0n) is 14.4. The molecule has 1 aromatic rings. The van der Waals surface area contributed by atoms with Crippen LogP contribution in [0.4, 0.5) is 22.0 Å². The molecule has 5 nitrogen and oxygen atoms in total. The highest BCUT2D eigenvalue weighted by atomic mass is 19.4. The molecule has 0 heterocycles. The van der Waals surface area contributed by atoms with Crippen molar-refractivity contribution in [3.05, 3.63) is 29.8 Å². The number of carbonyl (C=O) groups is 1. The minimum absolute atomic E-state index is 0.0115. The maximum Gasteiger partial charge on any atom is 0.573 e. The standard InChI is InChI=1S/C17H20F5NO4/c1-16(25,11-5-6-11)8-14(24)23-13(9-26-15(18)19)10-3-2-4-12(7-10)27-17(20,21)22/h2-4,7,11,13,15,25H,5-6,8-9H2,1H3,(H,23,24)/t13-,16?/m0/s1. The lowest BCUT2D eigenvalue weighted by molar-refractivity contribution is -0.274. The molecule has 1 aromatic carbocycles. The van der Waals surface area contributed by atoms with E-state index in [-0.39, 0.29) is 17.9 Å². The molecule has 1 aliphatic rings. The maximum atomic E-state index is 12.4. The average molecular weight is 397 g/mol. The molecule has 2 atom stereocenters. The Morgan fingerprint density at radius 3 is 2.56 bits per heavy atom. The highest BCUT2D eigenvalue weighted by Gasteiger charge is 2.41. The van der Waals surface area contributed by atoms with Crippen molar-refractivity contribution in [3.8, 4) is 5.75 Å². The largest absolute Gasteiger partial charge is 0.573 e. The van der Waals surface area contributed by atoms with E-state index in [1.807, 2.05) is 0 Å². The zero-order chi connectivity index (χ0) is 20.2. The van der Waals surface area contributed by atoms with Crippen molar-refractivity contribution in [1.82, 2.24) is 5.32 Å². The number of alkyl halides is 5. The van der Waals surface area contributed by atoms with Gasteiger partial charge in [0.15, 0.2) is 0 Å². The summed E-state index contributed by atoms with van der Waals surface area (Å²) >= 11 is 0. The van der Waals surface area contributed by atoms with Gasteiger partial charge < -0.3 is 19.9 Å². The van der Waals surface area contributed by atoms with Crippen molar-refractivity contribution < 1.29 is 41.3 Å². The van der Waals surface area contributed by atoms with Crippen LogP contribution in [0.2, 0.25) is 0 Å². The van der Waals surface area contributed by atoms with Crippen molar-refractivity contribution in [1.29, 1.82) is 0 Å². The van der Waals surface area contributed by atoms with Crippen LogP contribution < -0.4 is 10.1 Å². The molecule has 0 saturated heterocycles. The normalized spacial score (nSPS) is 18.1. The Balaban J connectivity index is 2.11. The monoisotopic (exact) mass is 397 g/mol. The molecule has 2 N–H and O–H groups in total. The van der Waals surface area contributed by atoms with Crippen LogP contribution in [0.25, 0.3) is 0 Å². The molecule has 1 saturated carbocycles. The molecule has 0 aromatic heterocycles. The Labute approximate surface area is 152 Å².